The van der Waals surface area contributed by atoms with Crippen molar-refractivity contribution >= 4 is 23.4 Å². The Morgan fingerprint density at radius 2 is 1.80 bits per heavy atom. The average Bonchev–Trinajstić information content (AvgIpc) is 2.35. The van der Waals surface area contributed by atoms with Gasteiger partial charge < -0.3 is 14.0 Å². The zero-order valence-corrected chi connectivity index (χ0v) is 12.9. The van der Waals surface area contributed by atoms with Gasteiger partial charge in [0.1, 0.15) is 13.2 Å². The molecule has 0 atom stereocenters. The Bertz CT molecular complexity index is 415. The van der Waals surface area contributed by atoms with Gasteiger partial charge in [-0.15, -0.1) is 0 Å². The summed E-state index contributed by atoms with van der Waals surface area (Å²) in [6.07, 6.45) is -0.498. The number of nitrogens with one attached hydrogen (secondary N) is 1. The molecule has 0 aliphatic rings. The molecule has 20 heavy (non-hydrogen) atoms. The number of anilines is 1. The van der Waals surface area contributed by atoms with Crippen molar-refractivity contribution in [3.8, 4) is 0 Å². The molecule has 0 aliphatic carbocycles. The molecule has 1 aromatic rings. The predicted octanol–water partition coefficient (Wildman–Crippen LogP) is 2.61. The van der Waals surface area contributed by atoms with Crippen molar-refractivity contribution in [2.75, 3.05) is 52.8 Å². The number of nitrogens with zero attached hydrogens (tertiary/aromatic N) is 1. The first-order valence-corrected chi connectivity index (χ1v) is 6.82. The molecule has 0 bridgehead atoms. The van der Waals surface area contributed by atoms with Gasteiger partial charge in [0.15, 0.2) is 0 Å². The number of hydrogen-bond donors (Lipinski definition) is 1. The first-order chi connectivity index (χ1) is 9.37. The molecule has 112 valence electrons. The molecule has 5 nitrogen and oxygen atoms in total. The van der Waals surface area contributed by atoms with Crippen LogP contribution in [0.25, 0.3) is 0 Å². The van der Waals surface area contributed by atoms with E-state index in [1.54, 1.807) is 24.3 Å². The SMILES string of the molecule is C[N+](C)(C)CCOCCOC(=O)Nc1ccc(Cl)cc1. The molecule has 0 saturated heterocycles. The molecule has 6 heteroatoms. The highest BCUT2D eigenvalue weighted by Crippen LogP contribution is 2.13. The number of likely N-dealkylation sites (N-methyl/N-ethyl adjacent to an activating group) is 1. The molecule has 0 fully saturated rings. The smallest absolute Gasteiger partial charge is 0.411 e. The molecule has 0 saturated carbocycles. The van der Waals surface area contributed by atoms with Gasteiger partial charge in [-0.3, -0.25) is 5.32 Å². The van der Waals surface area contributed by atoms with E-state index >= 15 is 0 Å². The van der Waals surface area contributed by atoms with Gasteiger partial charge in [-0.1, -0.05) is 11.6 Å². The molecule has 0 aromatic heterocycles. The van der Waals surface area contributed by atoms with E-state index in [1.807, 2.05) is 0 Å². The molecule has 1 aromatic carbocycles. The van der Waals surface area contributed by atoms with E-state index in [2.05, 4.69) is 26.5 Å². The van der Waals surface area contributed by atoms with Gasteiger partial charge in [-0.2, -0.15) is 0 Å². The van der Waals surface area contributed by atoms with Gasteiger partial charge in [0.2, 0.25) is 0 Å². The summed E-state index contributed by atoms with van der Waals surface area (Å²) in [5.41, 5.74) is 0.644. The van der Waals surface area contributed by atoms with Crippen molar-refractivity contribution in [2.24, 2.45) is 0 Å². The summed E-state index contributed by atoms with van der Waals surface area (Å²) in [5.74, 6) is 0. The van der Waals surface area contributed by atoms with Crippen molar-refractivity contribution in [1.82, 2.24) is 0 Å². The molecular formula is C14H22ClN2O3+. The molecule has 0 unspecified atom stereocenters. The van der Waals surface area contributed by atoms with Crippen molar-refractivity contribution in [3.05, 3.63) is 29.3 Å². The molecule has 1 amide bonds. The van der Waals surface area contributed by atoms with Gasteiger partial charge in [-0.05, 0) is 24.3 Å². The van der Waals surface area contributed by atoms with E-state index in [1.165, 1.54) is 0 Å². The third kappa shape index (κ3) is 7.99. The lowest BCUT2D eigenvalue weighted by Gasteiger charge is -2.23. The predicted molar refractivity (Wildman–Crippen MR) is 80.1 cm³/mol. The van der Waals surface area contributed by atoms with Gasteiger partial charge >= 0.3 is 6.09 Å². The highest BCUT2D eigenvalue weighted by atomic mass is 35.5. The fraction of sp³-hybridized carbons (Fsp3) is 0.500. The van der Waals surface area contributed by atoms with Crippen molar-refractivity contribution in [1.29, 1.82) is 0 Å². The summed E-state index contributed by atoms with van der Waals surface area (Å²) >= 11 is 5.75. The fourth-order valence-corrected chi connectivity index (χ4v) is 1.45. The molecule has 0 spiro atoms. The number of ether oxygens (including phenoxy) is 2. The lowest BCUT2D eigenvalue weighted by molar-refractivity contribution is -0.870. The minimum absolute atomic E-state index is 0.233. The van der Waals surface area contributed by atoms with Gasteiger partial charge in [0, 0.05) is 10.7 Å². The Labute approximate surface area is 125 Å². The van der Waals surface area contributed by atoms with Crippen LogP contribution in [-0.4, -0.2) is 58.1 Å². The second-order valence-corrected chi connectivity index (χ2v) is 5.83. The minimum atomic E-state index is -0.498. The summed E-state index contributed by atoms with van der Waals surface area (Å²) in [6, 6.07) is 6.82. The molecule has 0 aliphatic heterocycles. The Morgan fingerprint density at radius 3 is 2.40 bits per heavy atom. The topological polar surface area (TPSA) is 47.6 Å². The maximum Gasteiger partial charge on any atom is 0.411 e. The Kier molecular flexibility index (Phi) is 6.78. The van der Waals surface area contributed by atoms with Crippen molar-refractivity contribution < 1.29 is 18.8 Å². The first-order valence-electron chi connectivity index (χ1n) is 6.44. The number of carbonyl (C=O) groups is 1. The minimum Gasteiger partial charge on any atom is -0.447 e. The summed E-state index contributed by atoms with van der Waals surface area (Å²) in [7, 11) is 6.29. The third-order valence-corrected chi connectivity index (χ3v) is 2.71. The molecule has 1 N–H and O–H groups in total. The fourth-order valence-electron chi connectivity index (χ4n) is 1.32. The van der Waals surface area contributed by atoms with Gasteiger partial charge in [0.25, 0.3) is 0 Å². The quantitative estimate of drug-likeness (QED) is 0.622. The molecule has 0 heterocycles. The average molecular weight is 302 g/mol. The van der Waals surface area contributed by atoms with Crippen LogP contribution < -0.4 is 5.32 Å². The van der Waals surface area contributed by atoms with Crippen LogP contribution in [0.15, 0.2) is 24.3 Å². The first kappa shape index (κ1) is 16.8. The van der Waals surface area contributed by atoms with E-state index in [-0.39, 0.29) is 6.61 Å². The summed E-state index contributed by atoms with van der Waals surface area (Å²) in [5, 5.41) is 3.23. The maximum absolute atomic E-state index is 11.5. The number of rotatable bonds is 7. The number of halogens is 1. The lowest BCUT2D eigenvalue weighted by Crippen LogP contribution is -2.37. The summed E-state index contributed by atoms with van der Waals surface area (Å²) in [6.45, 7) is 2.19. The number of benzene rings is 1. The van der Waals surface area contributed by atoms with Crippen LogP contribution in [0.1, 0.15) is 0 Å². The number of hydrogen-bond acceptors (Lipinski definition) is 3. The zero-order valence-electron chi connectivity index (χ0n) is 12.2. The Morgan fingerprint density at radius 1 is 1.15 bits per heavy atom. The van der Waals surface area contributed by atoms with Crippen LogP contribution in [-0.2, 0) is 9.47 Å². The van der Waals surface area contributed by atoms with E-state index < -0.39 is 6.09 Å². The van der Waals surface area contributed by atoms with Crippen LogP contribution in [0.2, 0.25) is 5.02 Å². The number of amides is 1. The molecular weight excluding hydrogens is 280 g/mol. The number of carbonyl (C=O) groups excluding carboxylic acids is 1. The normalized spacial score (nSPS) is 11.2. The highest BCUT2D eigenvalue weighted by molar-refractivity contribution is 6.30. The van der Waals surface area contributed by atoms with Crippen molar-refractivity contribution in [2.45, 2.75) is 0 Å². The monoisotopic (exact) mass is 301 g/mol. The summed E-state index contributed by atoms with van der Waals surface area (Å²) < 4.78 is 11.2. The third-order valence-electron chi connectivity index (χ3n) is 2.46. The Balaban J connectivity index is 2.10. The lowest BCUT2D eigenvalue weighted by atomic mass is 10.3. The molecule has 0 radical (unpaired) electrons. The van der Waals surface area contributed by atoms with Crippen LogP contribution in [0.5, 0.6) is 0 Å². The zero-order chi connectivity index (χ0) is 15.0. The second-order valence-electron chi connectivity index (χ2n) is 5.39. The standard InChI is InChI=1S/C14H21ClN2O3/c1-17(2,3)8-9-19-10-11-20-14(18)16-13-6-4-12(15)5-7-13/h4-7H,8-11H2,1-3H3/p+1. The van der Waals surface area contributed by atoms with Crippen LogP contribution in [0.4, 0.5) is 10.5 Å². The molecule has 1 rings (SSSR count). The van der Waals surface area contributed by atoms with Crippen LogP contribution >= 0.6 is 11.6 Å². The second kappa shape index (κ2) is 8.09. The van der Waals surface area contributed by atoms with E-state index in [0.717, 1.165) is 11.0 Å². The Hall–Kier alpha value is -1.30. The van der Waals surface area contributed by atoms with Gasteiger partial charge in [-0.25, -0.2) is 4.79 Å². The van der Waals surface area contributed by atoms with Crippen LogP contribution in [0, 0.1) is 0 Å². The highest BCUT2D eigenvalue weighted by Gasteiger charge is 2.06. The van der Waals surface area contributed by atoms with E-state index in [9.17, 15) is 4.79 Å². The van der Waals surface area contributed by atoms with E-state index in [0.29, 0.717) is 23.9 Å². The maximum atomic E-state index is 11.5. The van der Waals surface area contributed by atoms with Crippen LogP contribution in [0.3, 0.4) is 0 Å². The van der Waals surface area contributed by atoms with Crippen molar-refractivity contribution in [3.63, 3.8) is 0 Å². The summed E-state index contributed by atoms with van der Waals surface area (Å²) in [4.78, 5) is 11.5. The van der Waals surface area contributed by atoms with Gasteiger partial charge in [0.05, 0.1) is 34.4 Å². The van der Waals surface area contributed by atoms with E-state index in [4.69, 9.17) is 21.1 Å². The largest absolute Gasteiger partial charge is 0.447 e. The number of quaternary nitrogens is 1.